The number of amides is 1. The largest absolute Gasteiger partial charge is 0.345 e. The summed E-state index contributed by atoms with van der Waals surface area (Å²) in [5, 5.41) is 2.74. The molecule has 2 rings (SSSR count). The van der Waals surface area contributed by atoms with Crippen LogP contribution < -0.4 is 5.32 Å². The Morgan fingerprint density at radius 1 is 1.67 bits per heavy atom. The summed E-state index contributed by atoms with van der Waals surface area (Å²) in [7, 11) is 0. The van der Waals surface area contributed by atoms with Gasteiger partial charge in [0.25, 0.3) is 5.91 Å². The zero-order chi connectivity index (χ0) is 10.9. The maximum Gasteiger partial charge on any atom is 0.254 e. The fourth-order valence-corrected chi connectivity index (χ4v) is 1.64. The first kappa shape index (κ1) is 10.4. The molecule has 0 atom stereocenters. The quantitative estimate of drug-likeness (QED) is 0.801. The van der Waals surface area contributed by atoms with Crippen molar-refractivity contribution in [2.45, 2.75) is 18.4 Å². The lowest BCUT2D eigenvalue weighted by Gasteiger charge is -2.13. The minimum atomic E-state index is -0.611. The summed E-state index contributed by atoms with van der Waals surface area (Å²) < 4.78 is 13.2. The molecule has 1 aromatic rings. The lowest BCUT2D eigenvalue weighted by molar-refractivity contribution is 0.0932. The fraction of sp³-hybridized carbons (Fsp3) is 0.400. The van der Waals surface area contributed by atoms with Gasteiger partial charge in [-0.25, -0.2) is 4.39 Å². The number of carbonyl (C=O) groups excluding carboxylic acids is 1. The van der Waals surface area contributed by atoms with Gasteiger partial charge in [-0.2, -0.15) is 0 Å². The van der Waals surface area contributed by atoms with Gasteiger partial charge in [-0.1, -0.05) is 0 Å². The molecule has 80 valence electrons. The van der Waals surface area contributed by atoms with Crippen LogP contribution in [0, 0.1) is 5.82 Å². The highest BCUT2D eigenvalue weighted by Gasteiger charge is 2.43. The molecule has 15 heavy (non-hydrogen) atoms. The number of pyridine rings is 1. The zero-order valence-electron chi connectivity index (χ0n) is 7.96. The molecule has 1 saturated carbocycles. The van der Waals surface area contributed by atoms with E-state index < -0.39 is 11.7 Å². The summed E-state index contributed by atoms with van der Waals surface area (Å²) in [6.07, 6.45) is 4.12. The van der Waals surface area contributed by atoms with Crippen molar-refractivity contribution in [3.63, 3.8) is 0 Å². The summed E-state index contributed by atoms with van der Waals surface area (Å²) >= 11 is 5.71. The molecule has 1 heterocycles. The third kappa shape index (κ3) is 2.09. The summed E-state index contributed by atoms with van der Waals surface area (Å²) in [4.78, 5) is 15.2. The molecule has 1 amide bonds. The van der Waals surface area contributed by atoms with Crippen LogP contribution >= 0.6 is 11.6 Å². The summed E-state index contributed by atoms with van der Waals surface area (Å²) in [6, 6.07) is 1.36. The van der Waals surface area contributed by atoms with Crippen molar-refractivity contribution in [3.05, 3.63) is 29.8 Å². The van der Waals surface area contributed by atoms with Gasteiger partial charge in [0.1, 0.15) is 0 Å². The first-order valence-corrected chi connectivity index (χ1v) is 5.18. The lowest BCUT2D eigenvalue weighted by Crippen LogP contribution is -2.38. The molecule has 5 heteroatoms. The minimum Gasteiger partial charge on any atom is -0.345 e. The van der Waals surface area contributed by atoms with Crippen LogP contribution in [0.1, 0.15) is 23.2 Å². The molecule has 1 aliphatic carbocycles. The van der Waals surface area contributed by atoms with Crippen LogP contribution in [0.3, 0.4) is 0 Å². The number of nitrogens with zero attached hydrogens (tertiary/aromatic N) is 1. The zero-order valence-corrected chi connectivity index (χ0v) is 8.72. The van der Waals surface area contributed by atoms with Gasteiger partial charge in [-0.15, -0.1) is 11.6 Å². The van der Waals surface area contributed by atoms with Crippen molar-refractivity contribution < 1.29 is 9.18 Å². The number of alkyl halides is 1. The van der Waals surface area contributed by atoms with Crippen LogP contribution in [0.25, 0.3) is 0 Å². The van der Waals surface area contributed by atoms with Gasteiger partial charge in [0.2, 0.25) is 0 Å². The number of rotatable bonds is 3. The number of nitrogens with one attached hydrogen (secondary N) is 1. The van der Waals surface area contributed by atoms with Crippen molar-refractivity contribution in [3.8, 4) is 0 Å². The number of aromatic nitrogens is 1. The molecule has 0 spiro atoms. The highest BCUT2D eigenvalue weighted by molar-refractivity contribution is 6.19. The van der Waals surface area contributed by atoms with E-state index in [0.29, 0.717) is 5.88 Å². The first-order valence-electron chi connectivity index (χ1n) is 4.65. The fourth-order valence-electron chi connectivity index (χ4n) is 1.31. The van der Waals surface area contributed by atoms with Gasteiger partial charge in [0.05, 0.1) is 17.3 Å². The molecule has 1 aliphatic rings. The Kier molecular flexibility index (Phi) is 2.61. The van der Waals surface area contributed by atoms with E-state index >= 15 is 0 Å². The lowest BCUT2D eigenvalue weighted by atomic mass is 10.2. The molecule has 0 unspecified atom stereocenters. The Hall–Kier alpha value is -1.16. The van der Waals surface area contributed by atoms with Gasteiger partial charge in [0.15, 0.2) is 5.82 Å². The van der Waals surface area contributed by atoms with Crippen LogP contribution in [0.2, 0.25) is 0 Å². The molecule has 0 aliphatic heterocycles. The molecule has 3 nitrogen and oxygen atoms in total. The second-order valence-corrected chi connectivity index (χ2v) is 3.99. The topological polar surface area (TPSA) is 42.0 Å². The Bertz CT molecular complexity index is 393. The van der Waals surface area contributed by atoms with Gasteiger partial charge < -0.3 is 5.32 Å². The van der Waals surface area contributed by atoms with Crippen LogP contribution in [-0.4, -0.2) is 22.3 Å². The molecule has 1 aromatic heterocycles. The average Bonchev–Trinajstić information content (AvgIpc) is 2.99. The van der Waals surface area contributed by atoms with Crippen molar-refractivity contribution >= 4 is 17.5 Å². The standard InChI is InChI=1S/C10H10ClFN2O/c11-6-10(2-3-10)14-9(15)7-1-4-13-5-8(7)12/h1,4-5H,2-3,6H2,(H,14,15). The highest BCUT2D eigenvalue weighted by atomic mass is 35.5. The molecule has 1 fully saturated rings. The van der Waals surface area contributed by atoms with E-state index in [1.54, 1.807) is 0 Å². The Morgan fingerprint density at radius 3 is 2.93 bits per heavy atom. The molecule has 0 radical (unpaired) electrons. The minimum absolute atomic E-state index is 0.0152. The van der Waals surface area contributed by atoms with E-state index in [9.17, 15) is 9.18 Å². The summed E-state index contributed by atoms with van der Waals surface area (Å²) in [5.74, 6) is -0.667. The Balaban J connectivity index is 2.12. The number of hydrogen-bond donors (Lipinski definition) is 1. The first-order chi connectivity index (χ1) is 7.17. The molecule has 0 bridgehead atoms. The second kappa shape index (κ2) is 3.77. The van der Waals surface area contributed by atoms with Gasteiger partial charge >= 0.3 is 0 Å². The number of halogens is 2. The van der Waals surface area contributed by atoms with Gasteiger partial charge in [-0.05, 0) is 18.9 Å². The van der Waals surface area contributed by atoms with E-state index in [1.807, 2.05) is 0 Å². The summed E-state index contributed by atoms with van der Waals surface area (Å²) in [5.41, 5.74) is -0.296. The van der Waals surface area contributed by atoms with E-state index in [-0.39, 0.29) is 11.1 Å². The van der Waals surface area contributed by atoms with Gasteiger partial charge in [0, 0.05) is 12.1 Å². The SMILES string of the molecule is O=C(NC1(CCl)CC1)c1ccncc1F. The maximum atomic E-state index is 13.2. The van der Waals surface area contributed by atoms with Crippen molar-refractivity contribution in [1.82, 2.24) is 10.3 Å². The van der Waals surface area contributed by atoms with Crippen LogP contribution in [0.5, 0.6) is 0 Å². The van der Waals surface area contributed by atoms with Crippen molar-refractivity contribution in [2.75, 3.05) is 5.88 Å². The van der Waals surface area contributed by atoms with E-state index in [2.05, 4.69) is 10.3 Å². The third-order valence-electron chi connectivity index (χ3n) is 2.51. The molecule has 0 saturated heterocycles. The van der Waals surface area contributed by atoms with E-state index in [1.165, 1.54) is 12.3 Å². The number of carbonyl (C=O) groups is 1. The van der Waals surface area contributed by atoms with Crippen molar-refractivity contribution in [2.24, 2.45) is 0 Å². The normalized spacial score (nSPS) is 17.2. The van der Waals surface area contributed by atoms with Crippen molar-refractivity contribution in [1.29, 1.82) is 0 Å². The number of hydrogen-bond acceptors (Lipinski definition) is 2. The summed E-state index contributed by atoms with van der Waals surface area (Å²) in [6.45, 7) is 0. The third-order valence-corrected chi connectivity index (χ3v) is 3.02. The monoisotopic (exact) mass is 228 g/mol. The average molecular weight is 229 g/mol. The van der Waals surface area contributed by atoms with E-state index in [0.717, 1.165) is 19.0 Å². The second-order valence-electron chi connectivity index (χ2n) is 3.72. The molecule has 0 aromatic carbocycles. The Morgan fingerprint density at radius 2 is 2.40 bits per heavy atom. The Labute approximate surface area is 91.7 Å². The van der Waals surface area contributed by atoms with Crippen LogP contribution in [0.4, 0.5) is 4.39 Å². The molecular weight excluding hydrogens is 219 g/mol. The molecule has 1 N–H and O–H groups in total. The van der Waals surface area contributed by atoms with Gasteiger partial charge in [-0.3, -0.25) is 9.78 Å². The van der Waals surface area contributed by atoms with Crippen LogP contribution in [0.15, 0.2) is 18.5 Å². The molecular formula is C10H10ClFN2O. The predicted molar refractivity (Wildman–Crippen MR) is 54.3 cm³/mol. The van der Waals surface area contributed by atoms with E-state index in [4.69, 9.17) is 11.6 Å². The smallest absolute Gasteiger partial charge is 0.254 e. The highest BCUT2D eigenvalue weighted by Crippen LogP contribution is 2.36. The maximum absolute atomic E-state index is 13.2. The predicted octanol–water partition coefficient (Wildman–Crippen LogP) is 1.72. The van der Waals surface area contributed by atoms with Crippen LogP contribution in [-0.2, 0) is 0 Å².